The van der Waals surface area contributed by atoms with Crippen molar-refractivity contribution in [3.05, 3.63) is 41.5 Å². The second-order valence-corrected chi connectivity index (χ2v) is 4.42. The van der Waals surface area contributed by atoms with Crippen LogP contribution in [0.5, 0.6) is 11.6 Å². The van der Waals surface area contributed by atoms with Crippen molar-refractivity contribution in [2.45, 2.75) is 20.3 Å². The van der Waals surface area contributed by atoms with E-state index in [9.17, 15) is 4.39 Å². The van der Waals surface area contributed by atoms with E-state index in [1.165, 1.54) is 12.1 Å². The maximum atomic E-state index is 13.5. The number of nitrogens with zero attached hydrogens (tertiary/aromatic N) is 3. The number of aromatic nitrogens is 2. The fourth-order valence-electron chi connectivity index (χ4n) is 1.71. The van der Waals surface area contributed by atoms with Gasteiger partial charge in [-0.2, -0.15) is 10.2 Å². The summed E-state index contributed by atoms with van der Waals surface area (Å²) >= 11 is 0. The first kappa shape index (κ1) is 14.7. The fraction of sp³-hybridized carbons (Fsp3) is 0.267. The summed E-state index contributed by atoms with van der Waals surface area (Å²) in [6, 6.07) is 7.47. The summed E-state index contributed by atoms with van der Waals surface area (Å²) in [6.07, 6.45) is 0.972. The third kappa shape index (κ3) is 3.89. The van der Waals surface area contributed by atoms with Gasteiger partial charge in [0.15, 0.2) is 0 Å². The van der Waals surface area contributed by atoms with Crippen LogP contribution in [0.25, 0.3) is 0 Å². The lowest BCUT2D eigenvalue weighted by atomic mass is 10.2. The van der Waals surface area contributed by atoms with Crippen molar-refractivity contribution in [2.75, 3.05) is 11.9 Å². The normalized spacial score (nSPS) is 10.0. The number of nitrogens with one attached hydrogen (secondary N) is 1. The summed E-state index contributed by atoms with van der Waals surface area (Å²) in [5.74, 6) is 1.20. The molecule has 0 aliphatic rings. The van der Waals surface area contributed by atoms with Crippen molar-refractivity contribution in [3.63, 3.8) is 0 Å². The monoisotopic (exact) mass is 286 g/mol. The third-order valence-electron chi connectivity index (χ3n) is 2.65. The van der Waals surface area contributed by atoms with E-state index in [0.717, 1.165) is 19.0 Å². The molecule has 108 valence electrons. The maximum Gasteiger partial charge on any atom is 0.224 e. The molecular weight excluding hydrogens is 271 g/mol. The largest absolute Gasteiger partial charge is 0.439 e. The summed E-state index contributed by atoms with van der Waals surface area (Å²) in [6.45, 7) is 4.60. The molecular formula is C15H15FN4O. The lowest BCUT2D eigenvalue weighted by Crippen LogP contribution is -2.04. The Morgan fingerprint density at radius 3 is 2.81 bits per heavy atom. The minimum absolute atomic E-state index is 0.0217. The zero-order valence-corrected chi connectivity index (χ0v) is 11.9. The van der Waals surface area contributed by atoms with Gasteiger partial charge in [0, 0.05) is 18.7 Å². The van der Waals surface area contributed by atoms with Gasteiger partial charge >= 0.3 is 0 Å². The van der Waals surface area contributed by atoms with Crippen molar-refractivity contribution in [3.8, 4) is 17.7 Å². The van der Waals surface area contributed by atoms with Gasteiger partial charge in [0.1, 0.15) is 29.3 Å². The van der Waals surface area contributed by atoms with Crippen LogP contribution >= 0.6 is 0 Å². The SMILES string of the molecule is CCCNc1cc(Oc2ccc(C#N)c(F)c2)nc(C)n1. The topological polar surface area (TPSA) is 70.8 Å². The number of hydrogen-bond acceptors (Lipinski definition) is 5. The van der Waals surface area contributed by atoms with E-state index >= 15 is 0 Å². The van der Waals surface area contributed by atoms with Crippen LogP contribution in [0.15, 0.2) is 24.3 Å². The Kier molecular flexibility index (Phi) is 4.67. The molecule has 0 unspecified atom stereocenters. The van der Waals surface area contributed by atoms with Crippen LogP contribution in [0, 0.1) is 24.1 Å². The number of hydrogen-bond donors (Lipinski definition) is 1. The fourth-order valence-corrected chi connectivity index (χ4v) is 1.71. The molecule has 2 aromatic rings. The van der Waals surface area contributed by atoms with E-state index in [0.29, 0.717) is 17.5 Å². The molecule has 0 spiro atoms. The molecule has 21 heavy (non-hydrogen) atoms. The molecule has 0 aliphatic heterocycles. The average molecular weight is 286 g/mol. The van der Waals surface area contributed by atoms with Crippen LogP contribution in [0.4, 0.5) is 10.2 Å². The number of rotatable bonds is 5. The number of ether oxygens (including phenoxy) is 1. The highest BCUT2D eigenvalue weighted by molar-refractivity contribution is 5.41. The molecule has 1 heterocycles. The molecule has 0 bridgehead atoms. The highest BCUT2D eigenvalue weighted by Crippen LogP contribution is 2.23. The molecule has 5 nitrogen and oxygen atoms in total. The first-order chi connectivity index (χ1) is 10.1. The lowest BCUT2D eigenvalue weighted by Gasteiger charge is -2.09. The molecule has 0 atom stereocenters. The summed E-state index contributed by atoms with van der Waals surface area (Å²) in [4.78, 5) is 8.39. The summed E-state index contributed by atoms with van der Waals surface area (Å²) in [7, 11) is 0. The van der Waals surface area contributed by atoms with Crippen molar-refractivity contribution in [1.82, 2.24) is 9.97 Å². The molecule has 0 amide bonds. The minimum atomic E-state index is -0.620. The van der Waals surface area contributed by atoms with Gasteiger partial charge in [-0.15, -0.1) is 0 Å². The number of benzene rings is 1. The summed E-state index contributed by atoms with van der Waals surface area (Å²) in [5, 5.41) is 11.8. The maximum absolute atomic E-state index is 13.5. The molecule has 0 radical (unpaired) electrons. The molecule has 1 aromatic carbocycles. The van der Waals surface area contributed by atoms with E-state index in [1.807, 2.05) is 0 Å². The molecule has 6 heteroatoms. The molecule has 1 aromatic heterocycles. The zero-order valence-electron chi connectivity index (χ0n) is 11.9. The van der Waals surface area contributed by atoms with Crippen LogP contribution < -0.4 is 10.1 Å². The molecule has 0 fully saturated rings. The smallest absolute Gasteiger partial charge is 0.224 e. The lowest BCUT2D eigenvalue weighted by molar-refractivity contribution is 0.455. The van der Waals surface area contributed by atoms with Gasteiger partial charge in [0.2, 0.25) is 5.88 Å². The first-order valence-electron chi connectivity index (χ1n) is 6.59. The highest BCUT2D eigenvalue weighted by Gasteiger charge is 2.07. The summed E-state index contributed by atoms with van der Waals surface area (Å²) in [5.41, 5.74) is -0.0217. The van der Waals surface area contributed by atoms with Crippen molar-refractivity contribution in [2.24, 2.45) is 0 Å². The quantitative estimate of drug-likeness (QED) is 0.912. The van der Waals surface area contributed by atoms with Crippen LogP contribution in [0.3, 0.4) is 0 Å². The zero-order chi connectivity index (χ0) is 15.2. The Balaban J connectivity index is 2.21. The van der Waals surface area contributed by atoms with E-state index in [2.05, 4.69) is 22.2 Å². The van der Waals surface area contributed by atoms with Crippen molar-refractivity contribution >= 4 is 5.82 Å². The summed E-state index contributed by atoms with van der Waals surface area (Å²) < 4.78 is 19.1. The predicted octanol–water partition coefficient (Wildman–Crippen LogP) is 3.41. The standard InChI is InChI=1S/C15H15FN4O/c1-3-6-18-14-8-15(20-10(2)19-14)21-12-5-4-11(9-17)13(16)7-12/h4-5,7-8H,3,6H2,1-2H3,(H,18,19,20). The first-order valence-corrected chi connectivity index (χ1v) is 6.59. The van der Waals surface area contributed by atoms with Gasteiger partial charge in [-0.25, -0.2) is 9.37 Å². The van der Waals surface area contributed by atoms with Crippen LogP contribution in [-0.2, 0) is 0 Å². The molecule has 0 saturated carbocycles. The van der Waals surface area contributed by atoms with Gasteiger partial charge in [0.25, 0.3) is 0 Å². The van der Waals surface area contributed by atoms with E-state index < -0.39 is 5.82 Å². The van der Waals surface area contributed by atoms with E-state index in [-0.39, 0.29) is 11.3 Å². The van der Waals surface area contributed by atoms with Crippen molar-refractivity contribution < 1.29 is 9.13 Å². The van der Waals surface area contributed by atoms with Crippen LogP contribution in [0.1, 0.15) is 24.7 Å². The Hall–Kier alpha value is -2.68. The van der Waals surface area contributed by atoms with E-state index in [1.54, 1.807) is 19.1 Å². The Bertz CT molecular complexity index is 682. The number of halogens is 1. The molecule has 1 N–H and O–H groups in total. The second kappa shape index (κ2) is 6.66. The van der Waals surface area contributed by atoms with Gasteiger partial charge < -0.3 is 10.1 Å². The molecule has 2 rings (SSSR count). The van der Waals surface area contributed by atoms with Crippen LogP contribution in [0.2, 0.25) is 0 Å². The van der Waals surface area contributed by atoms with E-state index in [4.69, 9.17) is 10.00 Å². The Morgan fingerprint density at radius 1 is 1.33 bits per heavy atom. The molecule has 0 saturated heterocycles. The second-order valence-electron chi connectivity index (χ2n) is 4.42. The Morgan fingerprint density at radius 2 is 2.14 bits per heavy atom. The van der Waals surface area contributed by atoms with Gasteiger partial charge in [-0.1, -0.05) is 6.92 Å². The predicted molar refractivity (Wildman–Crippen MR) is 76.7 cm³/mol. The number of anilines is 1. The third-order valence-corrected chi connectivity index (χ3v) is 2.65. The number of nitriles is 1. The molecule has 0 aliphatic carbocycles. The highest BCUT2D eigenvalue weighted by atomic mass is 19.1. The Labute approximate surface area is 122 Å². The van der Waals surface area contributed by atoms with Crippen LogP contribution in [-0.4, -0.2) is 16.5 Å². The number of aryl methyl sites for hydroxylation is 1. The van der Waals surface area contributed by atoms with Gasteiger partial charge in [0.05, 0.1) is 5.56 Å². The van der Waals surface area contributed by atoms with Gasteiger partial charge in [-0.3, -0.25) is 0 Å². The van der Waals surface area contributed by atoms with Crippen molar-refractivity contribution in [1.29, 1.82) is 5.26 Å². The minimum Gasteiger partial charge on any atom is -0.439 e. The average Bonchev–Trinajstić information content (AvgIpc) is 2.45. The van der Waals surface area contributed by atoms with Gasteiger partial charge in [-0.05, 0) is 25.5 Å².